The van der Waals surface area contributed by atoms with Gasteiger partial charge in [0.2, 0.25) is 0 Å². The summed E-state index contributed by atoms with van der Waals surface area (Å²) in [6, 6.07) is 5.00. The third-order valence-electron chi connectivity index (χ3n) is 3.57. The van der Waals surface area contributed by atoms with Gasteiger partial charge < -0.3 is 5.32 Å². The minimum Gasteiger partial charge on any atom is -0.316 e. The highest BCUT2D eigenvalue weighted by Gasteiger charge is 2.26. The van der Waals surface area contributed by atoms with Gasteiger partial charge in [0.1, 0.15) is 5.82 Å². The van der Waals surface area contributed by atoms with E-state index in [0.717, 1.165) is 30.6 Å². The van der Waals surface area contributed by atoms with Crippen LogP contribution in [0, 0.1) is 18.2 Å². The highest BCUT2D eigenvalue weighted by atomic mass is 19.1. The fraction of sp³-hybridized carbons (Fsp3) is 0.467. The summed E-state index contributed by atoms with van der Waals surface area (Å²) >= 11 is 0. The predicted octanol–water partition coefficient (Wildman–Crippen LogP) is 3.54. The fourth-order valence-electron chi connectivity index (χ4n) is 2.33. The number of benzene rings is 1. The van der Waals surface area contributed by atoms with Crippen molar-refractivity contribution in [3.63, 3.8) is 0 Å². The number of nitrogens with one attached hydrogen (secondary N) is 1. The van der Waals surface area contributed by atoms with E-state index in [1.807, 2.05) is 13.0 Å². The Hall–Kier alpha value is -1.15. The Kier molecular flexibility index (Phi) is 3.34. The first-order chi connectivity index (χ1) is 7.99. The van der Waals surface area contributed by atoms with Crippen LogP contribution < -0.4 is 5.32 Å². The zero-order valence-corrected chi connectivity index (χ0v) is 10.8. The Morgan fingerprint density at radius 1 is 1.35 bits per heavy atom. The molecule has 1 fully saturated rings. The molecule has 0 aromatic heterocycles. The lowest BCUT2D eigenvalue weighted by molar-refractivity contribution is 0.360. The predicted molar refractivity (Wildman–Crippen MR) is 70.4 cm³/mol. The zero-order chi connectivity index (χ0) is 12.5. The van der Waals surface area contributed by atoms with Crippen LogP contribution in [0.25, 0.3) is 6.08 Å². The smallest absolute Gasteiger partial charge is 0.123 e. The van der Waals surface area contributed by atoms with Crippen LogP contribution in [0.2, 0.25) is 0 Å². The molecule has 0 aliphatic carbocycles. The third-order valence-corrected chi connectivity index (χ3v) is 3.57. The van der Waals surface area contributed by atoms with Gasteiger partial charge in [-0.3, -0.25) is 0 Å². The van der Waals surface area contributed by atoms with Crippen molar-refractivity contribution in [2.45, 2.75) is 27.2 Å². The zero-order valence-electron chi connectivity index (χ0n) is 10.8. The molecule has 17 heavy (non-hydrogen) atoms. The third kappa shape index (κ3) is 2.75. The first-order valence-electron chi connectivity index (χ1n) is 6.17. The molecule has 0 saturated carbocycles. The maximum atomic E-state index is 13.0. The summed E-state index contributed by atoms with van der Waals surface area (Å²) < 4.78 is 13.0. The van der Waals surface area contributed by atoms with Crippen molar-refractivity contribution in [3.8, 4) is 0 Å². The summed E-state index contributed by atoms with van der Waals surface area (Å²) in [7, 11) is 0. The number of hydrogen-bond donors (Lipinski definition) is 1. The largest absolute Gasteiger partial charge is 0.316 e. The van der Waals surface area contributed by atoms with Crippen LogP contribution in [0.15, 0.2) is 23.8 Å². The molecule has 1 aromatic carbocycles. The van der Waals surface area contributed by atoms with Crippen LogP contribution in [0.3, 0.4) is 0 Å². The summed E-state index contributed by atoms with van der Waals surface area (Å²) in [5, 5.41) is 3.41. The van der Waals surface area contributed by atoms with Crippen molar-refractivity contribution in [1.82, 2.24) is 5.32 Å². The van der Waals surface area contributed by atoms with Gasteiger partial charge in [-0.25, -0.2) is 4.39 Å². The van der Waals surface area contributed by atoms with Crippen LogP contribution in [0.1, 0.15) is 31.4 Å². The van der Waals surface area contributed by atoms with E-state index in [0.29, 0.717) is 0 Å². The van der Waals surface area contributed by atoms with Gasteiger partial charge in [-0.15, -0.1) is 0 Å². The lowest BCUT2D eigenvalue weighted by Gasteiger charge is -2.33. The van der Waals surface area contributed by atoms with Gasteiger partial charge in [-0.2, -0.15) is 0 Å². The Bertz CT molecular complexity index is 446. The number of halogens is 1. The SMILES string of the molecule is Cc1cc(F)ccc1/C=C1/CCNCC1(C)C. The van der Waals surface area contributed by atoms with Crippen molar-refractivity contribution in [2.75, 3.05) is 13.1 Å². The monoisotopic (exact) mass is 233 g/mol. The molecule has 2 heteroatoms. The molecule has 0 atom stereocenters. The summed E-state index contributed by atoms with van der Waals surface area (Å²) in [5.41, 5.74) is 3.79. The molecule has 92 valence electrons. The molecular weight excluding hydrogens is 213 g/mol. The number of rotatable bonds is 1. The second kappa shape index (κ2) is 4.61. The van der Waals surface area contributed by atoms with E-state index >= 15 is 0 Å². The maximum absolute atomic E-state index is 13.0. The highest BCUT2D eigenvalue weighted by Crippen LogP contribution is 2.32. The molecule has 0 unspecified atom stereocenters. The van der Waals surface area contributed by atoms with Crippen molar-refractivity contribution in [1.29, 1.82) is 0 Å². The summed E-state index contributed by atoms with van der Waals surface area (Å²) in [4.78, 5) is 0. The molecule has 1 aromatic rings. The molecule has 0 radical (unpaired) electrons. The molecule has 1 heterocycles. The molecule has 1 aliphatic heterocycles. The minimum atomic E-state index is -0.158. The van der Waals surface area contributed by atoms with E-state index in [4.69, 9.17) is 0 Å². The van der Waals surface area contributed by atoms with E-state index in [1.54, 1.807) is 6.07 Å². The molecule has 1 saturated heterocycles. The number of hydrogen-bond acceptors (Lipinski definition) is 1. The molecule has 1 aliphatic rings. The number of piperidine rings is 1. The van der Waals surface area contributed by atoms with E-state index in [1.165, 1.54) is 11.6 Å². The Balaban J connectivity index is 2.34. The van der Waals surface area contributed by atoms with E-state index < -0.39 is 0 Å². The first-order valence-corrected chi connectivity index (χ1v) is 6.17. The lowest BCUT2D eigenvalue weighted by atomic mass is 9.79. The molecule has 1 nitrogen and oxygen atoms in total. The lowest BCUT2D eigenvalue weighted by Crippen LogP contribution is -2.37. The van der Waals surface area contributed by atoms with Gasteiger partial charge in [-0.1, -0.05) is 31.6 Å². The molecule has 0 spiro atoms. The van der Waals surface area contributed by atoms with Crippen LogP contribution in [-0.4, -0.2) is 13.1 Å². The van der Waals surface area contributed by atoms with Crippen molar-refractivity contribution in [2.24, 2.45) is 5.41 Å². The summed E-state index contributed by atoms with van der Waals surface area (Å²) in [6.07, 6.45) is 3.30. The van der Waals surface area contributed by atoms with Gasteiger partial charge in [0.05, 0.1) is 0 Å². The van der Waals surface area contributed by atoms with Crippen molar-refractivity contribution < 1.29 is 4.39 Å². The Morgan fingerprint density at radius 2 is 2.12 bits per heavy atom. The minimum absolute atomic E-state index is 0.158. The van der Waals surface area contributed by atoms with Gasteiger partial charge in [0, 0.05) is 6.54 Å². The molecule has 0 amide bonds. The summed E-state index contributed by atoms with van der Waals surface area (Å²) in [5.74, 6) is -0.158. The Morgan fingerprint density at radius 3 is 2.76 bits per heavy atom. The van der Waals surface area contributed by atoms with Crippen LogP contribution in [-0.2, 0) is 0 Å². The molecule has 0 bridgehead atoms. The van der Waals surface area contributed by atoms with Crippen LogP contribution >= 0.6 is 0 Å². The standard InChI is InChI=1S/C15H20FN/c1-11-8-14(16)5-4-12(11)9-13-6-7-17-10-15(13,2)3/h4-5,8-9,17H,6-7,10H2,1-3H3/b13-9-. The average molecular weight is 233 g/mol. The van der Waals surface area contributed by atoms with E-state index in [-0.39, 0.29) is 11.2 Å². The van der Waals surface area contributed by atoms with Crippen molar-refractivity contribution >= 4 is 6.08 Å². The quantitative estimate of drug-likeness (QED) is 0.782. The van der Waals surface area contributed by atoms with Crippen LogP contribution in [0.5, 0.6) is 0 Å². The van der Waals surface area contributed by atoms with Gasteiger partial charge in [0.15, 0.2) is 0 Å². The maximum Gasteiger partial charge on any atom is 0.123 e. The highest BCUT2D eigenvalue weighted by molar-refractivity contribution is 5.58. The van der Waals surface area contributed by atoms with Gasteiger partial charge >= 0.3 is 0 Å². The van der Waals surface area contributed by atoms with Gasteiger partial charge in [-0.05, 0) is 48.6 Å². The van der Waals surface area contributed by atoms with Crippen molar-refractivity contribution in [3.05, 3.63) is 40.7 Å². The molecular formula is C15H20FN. The molecule has 1 N–H and O–H groups in total. The van der Waals surface area contributed by atoms with Crippen LogP contribution in [0.4, 0.5) is 4.39 Å². The second-order valence-corrected chi connectivity index (χ2v) is 5.48. The van der Waals surface area contributed by atoms with E-state index in [2.05, 4.69) is 25.2 Å². The topological polar surface area (TPSA) is 12.0 Å². The summed E-state index contributed by atoms with van der Waals surface area (Å²) in [6.45, 7) is 8.52. The molecule has 2 rings (SSSR count). The Labute approximate surface area is 103 Å². The first kappa shape index (κ1) is 12.3. The van der Waals surface area contributed by atoms with E-state index in [9.17, 15) is 4.39 Å². The normalized spacial score (nSPS) is 21.8. The second-order valence-electron chi connectivity index (χ2n) is 5.48. The number of aryl methyl sites for hydroxylation is 1. The van der Waals surface area contributed by atoms with Gasteiger partial charge in [0.25, 0.3) is 0 Å². The average Bonchev–Trinajstić information content (AvgIpc) is 2.24. The fourth-order valence-corrected chi connectivity index (χ4v) is 2.33.